The van der Waals surface area contributed by atoms with E-state index in [-0.39, 0.29) is 5.91 Å². The van der Waals surface area contributed by atoms with Gasteiger partial charge in [0, 0.05) is 37.1 Å². The number of nitrogens with one attached hydrogen (secondary N) is 1. The van der Waals surface area contributed by atoms with Crippen LogP contribution in [-0.4, -0.2) is 83.0 Å². The Labute approximate surface area is 299 Å². The van der Waals surface area contributed by atoms with Crippen LogP contribution in [0.1, 0.15) is 93.6 Å². The monoisotopic (exact) mass is 704 g/mol. The highest BCUT2D eigenvalue weighted by molar-refractivity contribution is 8.00. The summed E-state index contributed by atoms with van der Waals surface area (Å²) in [6, 6.07) is 13.6. The average molecular weight is 705 g/mol. The molecule has 2 fully saturated rings. The lowest BCUT2D eigenvalue weighted by molar-refractivity contribution is -0.139. The van der Waals surface area contributed by atoms with Gasteiger partial charge in [-0.1, -0.05) is 76.8 Å². The Morgan fingerprint density at radius 2 is 1.77 bits per heavy atom. The van der Waals surface area contributed by atoms with Crippen molar-refractivity contribution in [3.05, 3.63) is 59.2 Å². The molecule has 264 valence electrons. The molecule has 1 saturated carbocycles. The van der Waals surface area contributed by atoms with Gasteiger partial charge in [0.05, 0.1) is 6.61 Å². The Bertz CT molecular complexity index is 1190. The zero-order valence-electron chi connectivity index (χ0n) is 29.6. The number of benzene rings is 2. The van der Waals surface area contributed by atoms with Crippen molar-refractivity contribution in [2.75, 3.05) is 43.8 Å². The summed E-state index contributed by atoms with van der Waals surface area (Å²) >= 11 is 7.52. The van der Waals surface area contributed by atoms with Crippen molar-refractivity contribution in [2.24, 2.45) is 5.92 Å². The molecular weight excluding hydrogens is 645 g/mol. The first kappa shape index (κ1) is 41.5. The first-order valence-corrected chi connectivity index (χ1v) is 20.5. The highest BCUT2D eigenvalue weighted by atomic mass is 32.2. The van der Waals surface area contributed by atoms with Crippen molar-refractivity contribution < 1.29 is 19.4 Å². The molecule has 6 nitrogen and oxygen atoms in total. The Kier molecular flexibility index (Phi) is 20.9. The van der Waals surface area contributed by atoms with Crippen LogP contribution in [0.4, 0.5) is 0 Å². The molecule has 3 atom stereocenters. The maximum Gasteiger partial charge on any atom is 0.326 e. The number of aliphatic carboxylic acids is 1. The minimum Gasteiger partial charge on any atom is -0.480 e. The summed E-state index contributed by atoms with van der Waals surface area (Å²) in [6.07, 6.45) is 11.7. The number of hydrogen-bond acceptors (Lipinski definition) is 7. The number of nitrogens with zero attached hydrogens (tertiary/aromatic N) is 1. The molecule has 1 aliphatic carbocycles. The lowest BCUT2D eigenvalue weighted by Gasteiger charge is -2.25. The number of rotatable bonds is 14. The van der Waals surface area contributed by atoms with Crippen molar-refractivity contribution in [3.63, 3.8) is 0 Å². The van der Waals surface area contributed by atoms with E-state index in [2.05, 4.69) is 54.5 Å². The second kappa shape index (κ2) is 23.7. The third-order valence-corrected chi connectivity index (χ3v) is 10.6. The molecule has 47 heavy (non-hydrogen) atoms. The highest BCUT2D eigenvalue weighted by Gasteiger charge is 2.33. The normalized spacial score (nSPS) is 18.8. The summed E-state index contributed by atoms with van der Waals surface area (Å²) in [7, 11) is 1.79. The van der Waals surface area contributed by atoms with Gasteiger partial charge in [-0.05, 0) is 96.4 Å². The predicted molar refractivity (Wildman–Crippen MR) is 208 cm³/mol. The number of thioether (sulfide) groups is 2. The Hall–Kier alpha value is -1.65. The number of likely N-dealkylation sites (tertiary alicyclic amines) is 1. The number of ether oxygens (including phenoxy) is 1. The third kappa shape index (κ3) is 14.4. The van der Waals surface area contributed by atoms with Crippen molar-refractivity contribution in [3.8, 4) is 11.1 Å². The number of hydrogen-bond donors (Lipinski definition) is 3. The molecule has 0 bridgehead atoms. The Morgan fingerprint density at radius 3 is 2.38 bits per heavy atom. The fraction of sp³-hybridized carbons (Fsp3) is 0.632. The molecule has 2 aromatic carbocycles. The molecule has 0 aromatic heterocycles. The van der Waals surface area contributed by atoms with Crippen LogP contribution < -0.4 is 5.32 Å². The molecule has 1 saturated heterocycles. The standard InChI is InChI=1S/C33H46N2O4S2.C3H8.C2H6S/c1-23-9-7-8-12-28(23)30-17-25(13-14-29(30)32(36)34-31(33(37)38)15-16-40-3)19-35-20-27(18-26(35)21-39-2)41-22-24-10-5-4-6-11-24;1-3-2;1-2-3/h7-9,12-14,17,24,26-27,31H,4-6,10-11,15-16,18-22H2,1-3H3,(H,34,36)(H,37,38);3H2,1-2H3;3H,2H2,1H3. The van der Waals surface area contributed by atoms with Crippen LogP contribution in [0.2, 0.25) is 0 Å². The molecule has 1 amide bonds. The molecule has 0 radical (unpaired) electrons. The SMILES string of the molecule is CCC.CCS.COCC1CC(SCC2CCCCC2)CN1Cc1ccc(C(=O)NC(CCSC)C(=O)O)c(-c2ccccc2C)c1. The summed E-state index contributed by atoms with van der Waals surface area (Å²) in [4.78, 5) is 27.8. The Balaban J connectivity index is 0.00000119. The van der Waals surface area contributed by atoms with Crippen molar-refractivity contribution in [1.82, 2.24) is 10.2 Å². The molecule has 0 spiro atoms. The zero-order valence-corrected chi connectivity index (χ0v) is 32.2. The topological polar surface area (TPSA) is 78.9 Å². The van der Waals surface area contributed by atoms with E-state index < -0.39 is 12.0 Å². The van der Waals surface area contributed by atoms with E-state index in [1.807, 2.05) is 56.5 Å². The Morgan fingerprint density at radius 1 is 1.09 bits per heavy atom. The number of carboxylic acid groups (broad SMARTS) is 1. The summed E-state index contributed by atoms with van der Waals surface area (Å²) in [6.45, 7) is 10.8. The molecule has 3 unspecified atom stereocenters. The van der Waals surface area contributed by atoms with Crippen LogP contribution in [0.25, 0.3) is 11.1 Å². The molecule has 2 aliphatic rings. The van der Waals surface area contributed by atoms with E-state index in [9.17, 15) is 14.7 Å². The van der Waals surface area contributed by atoms with Gasteiger partial charge in [-0.2, -0.15) is 36.2 Å². The minimum absolute atomic E-state index is 0.346. The van der Waals surface area contributed by atoms with Crippen LogP contribution in [0, 0.1) is 12.8 Å². The quantitative estimate of drug-likeness (QED) is 0.170. The molecule has 1 heterocycles. The summed E-state index contributed by atoms with van der Waals surface area (Å²) in [5.41, 5.74) is 4.57. The molecule has 9 heteroatoms. The number of methoxy groups -OCH3 is 1. The van der Waals surface area contributed by atoms with Gasteiger partial charge < -0.3 is 15.2 Å². The van der Waals surface area contributed by atoms with E-state index in [0.29, 0.717) is 29.0 Å². The smallest absolute Gasteiger partial charge is 0.326 e. The summed E-state index contributed by atoms with van der Waals surface area (Å²) < 4.78 is 5.63. The number of amides is 1. The summed E-state index contributed by atoms with van der Waals surface area (Å²) in [5, 5.41) is 13.1. The maximum absolute atomic E-state index is 13.5. The average Bonchev–Trinajstić information content (AvgIpc) is 3.44. The van der Waals surface area contributed by atoms with Gasteiger partial charge in [-0.25, -0.2) is 4.79 Å². The lowest BCUT2D eigenvalue weighted by Crippen LogP contribution is -2.41. The van der Waals surface area contributed by atoms with Crippen LogP contribution in [0.5, 0.6) is 0 Å². The van der Waals surface area contributed by atoms with Crippen molar-refractivity contribution >= 4 is 48.0 Å². The predicted octanol–water partition coefficient (Wildman–Crippen LogP) is 8.85. The first-order valence-electron chi connectivity index (χ1n) is 17.4. The van der Waals surface area contributed by atoms with Gasteiger partial charge in [0.15, 0.2) is 0 Å². The van der Waals surface area contributed by atoms with E-state index in [0.717, 1.165) is 60.0 Å². The lowest BCUT2D eigenvalue weighted by atomic mass is 9.91. The van der Waals surface area contributed by atoms with Gasteiger partial charge in [-0.3, -0.25) is 9.69 Å². The molecule has 1 aliphatic heterocycles. The molecule has 2 N–H and O–H groups in total. The number of carboxylic acids is 1. The molecular formula is C38H60N2O4S3. The molecule has 2 aromatic rings. The number of thiol groups is 1. The van der Waals surface area contributed by atoms with Gasteiger partial charge in [0.25, 0.3) is 5.91 Å². The van der Waals surface area contributed by atoms with Crippen LogP contribution in [-0.2, 0) is 16.1 Å². The molecule has 4 rings (SSSR count). The van der Waals surface area contributed by atoms with Crippen molar-refractivity contribution in [2.45, 2.75) is 103 Å². The van der Waals surface area contributed by atoms with E-state index in [4.69, 9.17) is 4.74 Å². The zero-order chi connectivity index (χ0) is 34.6. The van der Waals surface area contributed by atoms with E-state index in [1.54, 1.807) is 18.9 Å². The largest absolute Gasteiger partial charge is 0.480 e. The van der Waals surface area contributed by atoms with Gasteiger partial charge in [-0.15, -0.1) is 0 Å². The fourth-order valence-electron chi connectivity index (χ4n) is 6.19. The van der Waals surface area contributed by atoms with E-state index in [1.165, 1.54) is 44.3 Å². The second-order valence-electron chi connectivity index (χ2n) is 12.6. The minimum atomic E-state index is -1.00. The van der Waals surface area contributed by atoms with Gasteiger partial charge in [0.1, 0.15) is 6.04 Å². The fourth-order valence-corrected chi connectivity index (χ4v) is 8.20. The highest BCUT2D eigenvalue weighted by Crippen LogP contribution is 2.35. The van der Waals surface area contributed by atoms with Crippen molar-refractivity contribution in [1.29, 1.82) is 0 Å². The summed E-state index contributed by atoms with van der Waals surface area (Å²) in [5.74, 6) is 2.41. The van der Waals surface area contributed by atoms with Gasteiger partial charge in [0.2, 0.25) is 0 Å². The first-order chi connectivity index (χ1) is 22.7. The van der Waals surface area contributed by atoms with Crippen LogP contribution in [0.3, 0.4) is 0 Å². The number of aryl methyl sites for hydroxylation is 1. The third-order valence-electron chi connectivity index (χ3n) is 8.50. The van der Waals surface area contributed by atoms with Crippen LogP contribution >= 0.6 is 36.2 Å². The van der Waals surface area contributed by atoms with Crippen LogP contribution in [0.15, 0.2) is 42.5 Å². The number of carbonyl (C=O) groups is 2. The number of carbonyl (C=O) groups excluding carboxylic acids is 1. The van der Waals surface area contributed by atoms with E-state index >= 15 is 0 Å². The maximum atomic E-state index is 13.5. The second-order valence-corrected chi connectivity index (χ2v) is 15.5. The van der Waals surface area contributed by atoms with Gasteiger partial charge >= 0.3 is 5.97 Å².